The van der Waals surface area contributed by atoms with E-state index in [9.17, 15) is 0 Å². The van der Waals surface area contributed by atoms with Crippen LogP contribution in [0.5, 0.6) is 0 Å². The lowest BCUT2D eigenvalue weighted by Crippen LogP contribution is -2.48. The molecule has 0 bridgehead atoms. The standard InChI is InChI=1S/C10H11N3O/c11-4-9-3-8(1-2-13-9)7-14-10-5-12-6-10/h1-3,10,12H,5-7H2. The van der Waals surface area contributed by atoms with E-state index < -0.39 is 0 Å². The van der Waals surface area contributed by atoms with Crippen molar-refractivity contribution in [2.24, 2.45) is 0 Å². The zero-order chi connectivity index (χ0) is 9.80. The van der Waals surface area contributed by atoms with Crippen molar-refractivity contribution in [1.82, 2.24) is 10.3 Å². The van der Waals surface area contributed by atoms with Gasteiger partial charge in [-0.25, -0.2) is 4.98 Å². The third-order valence-electron chi connectivity index (χ3n) is 2.17. The molecule has 0 aliphatic carbocycles. The zero-order valence-corrected chi connectivity index (χ0v) is 7.73. The molecule has 0 saturated carbocycles. The first-order chi connectivity index (χ1) is 6.88. The van der Waals surface area contributed by atoms with E-state index in [1.807, 2.05) is 12.1 Å². The molecule has 14 heavy (non-hydrogen) atoms. The number of hydrogen-bond acceptors (Lipinski definition) is 4. The summed E-state index contributed by atoms with van der Waals surface area (Å²) in [5.41, 5.74) is 1.45. The van der Waals surface area contributed by atoms with Gasteiger partial charge < -0.3 is 10.1 Å². The Balaban J connectivity index is 1.91. The number of aromatic nitrogens is 1. The molecule has 1 fully saturated rings. The average Bonchev–Trinajstić information content (AvgIpc) is 2.16. The molecule has 0 spiro atoms. The van der Waals surface area contributed by atoms with Gasteiger partial charge in [-0.05, 0) is 17.7 Å². The normalized spacial score (nSPS) is 15.9. The molecular weight excluding hydrogens is 178 g/mol. The molecule has 1 aromatic heterocycles. The van der Waals surface area contributed by atoms with Gasteiger partial charge in [0, 0.05) is 19.3 Å². The Kier molecular flexibility index (Phi) is 2.73. The predicted octanol–water partition coefficient (Wildman–Crippen LogP) is 0.442. The van der Waals surface area contributed by atoms with E-state index in [0.29, 0.717) is 18.4 Å². The van der Waals surface area contributed by atoms with Crippen molar-refractivity contribution in [3.8, 4) is 6.07 Å². The summed E-state index contributed by atoms with van der Waals surface area (Å²) < 4.78 is 5.56. The number of nitriles is 1. The molecule has 0 unspecified atom stereocenters. The van der Waals surface area contributed by atoms with E-state index in [1.165, 1.54) is 0 Å². The highest BCUT2D eigenvalue weighted by Gasteiger charge is 2.16. The lowest BCUT2D eigenvalue weighted by molar-refractivity contribution is 0.00755. The molecule has 0 amide bonds. The van der Waals surface area contributed by atoms with Gasteiger partial charge in [0.15, 0.2) is 0 Å². The van der Waals surface area contributed by atoms with E-state index in [2.05, 4.69) is 10.3 Å². The van der Waals surface area contributed by atoms with Gasteiger partial charge in [0.05, 0.1) is 12.7 Å². The van der Waals surface area contributed by atoms with Crippen molar-refractivity contribution in [3.63, 3.8) is 0 Å². The van der Waals surface area contributed by atoms with Crippen molar-refractivity contribution >= 4 is 0 Å². The Morgan fingerprint density at radius 3 is 3.14 bits per heavy atom. The SMILES string of the molecule is N#Cc1cc(COC2CNC2)ccn1. The summed E-state index contributed by atoms with van der Waals surface area (Å²) in [6, 6.07) is 5.63. The molecule has 1 aromatic rings. The summed E-state index contributed by atoms with van der Waals surface area (Å²) in [6.07, 6.45) is 1.96. The van der Waals surface area contributed by atoms with Gasteiger partial charge in [0.2, 0.25) is 0 Å². The van der Waals surface area contributed by atoms with Crippen LogP contribution < -0.4 is 5.32 Å². The predicted molar refractivity (Wildman–Crippen MR) is 50.4 cm³/mol. The molecule has 4 nitrogen and oxygen atoms in total. The van der Waals surface area contributed by atoms with Crippen LogP contribution in [-0.2, 0) is 11.3 Å². The topological polar surface area (TPSA) is 57.9 Å². The quantitative estimate of drug-likeness (QED) is 0.749. The highest BCUT2D eigenvalue weighted by molar-refractivity contribution is 5.24. The van der Waals surface area contributed by atoms with Crippen LogP contribution in [0.4, 0.5) is 0 Å². The van der Waals surface area contributed by atoms with Crippen molar-refractivity contribution in [3.05, 3.63) is 29.6 Å². The van der Waals surface area contributed by atoms with Gasteiger partial charge in [-0.3, -0.25) is 0 Å². The van der Waals surface area contributed by atoms with Gasteiger partial charge in [0.25, 0.3) is 0 Å². The van der Waals surface area contributed by atoms with Gasteiger partial charge >= 0.3 is 0 Å². The maximum atomic E-state index is 8.63. The maximum absolute atomic E-state index is 8.63. The lowest BCUT2D eigenvalue weighted by atomic mass is 10.2. The van der Waals surface area contributed by atoms with Gasteiger partial charge in [0.1, 0.15) is 11.8 Å². The fraction of sp³-hybridized carbons (Fsp3) is 0.400. The Bertz CT molecular complexity index is 355. The van der Waals surface area contributed by atoms with E-state index in [1.54, 1.807) is 12.3 Å². The zero-order valence-electron chi connectivity index (χ0n) is 7.73. The van der Waals surface area contributed by atoms with Crippen LogP contribution in [0.25, 0.3) is 0 Å². The monoisotopic (exact) mass is 189 g/mol. The fourth-order valence-electron chi connectivity index (χ4n) is 1.22. The van der Waals surface area contributed by atoms with Crippen LogP contribution in [0, 0.1) is 11.3 Å². The summed E-state index contributed by atoms with van der Waals surface area (Å²) in [5.74, 6) is 0. The Hall–Kier alpha value is -1.44. The smallest absolute Gasteiger partial charge is 0.140 e. The third kappa shape index (κ3) is 2.08. The fourth-order valence-corrected chi connectivity index (χ4v) is 1.22. The van der Waals surface area contributed by atoms with E-state index >= 15 is 0 Å². The van der Waals surface area contributed by atoms with Gasteiger partial charge in [-0.2, -0.15) is 5.26 Å². The summed E-state index contributed by atoms with van der Waals surface area (Å²) in [7, 11) is 0. The Morgan fingerprint density at radius 2 is 2.50 bits per heavy atom. The second kappa shape index (κ2) is 4.18. The second-order valence-electron chi connectivity index (χ2n) is 3.25. The average molecular weight is 189 g/mol. The maximum Gasteiger partial charge on any atom is 0.140 e. The van der Waals surface area contributed by atoms with Gasteiger partial charge in [-0.1, -0.05) is 0 Å². The second-order valence-corrected chi connectivity index (χ2v) is 3.25. The number of ether oxygens (including phenoxy) is 1. The molecule has 2 heterocycles. The van der Waals surface area contributed by atoms with Crippen molar-refractivity contribution in [2.75, 3.05) is 13.1 Å². The highest BCUT2D eigenvalue weighted by Crippen LogP contribution is 2.06. The molecule has 4 heteroatoms. The summed E-state index contributed by atoms with van der Waals surface area (Å²) >= 11 is 0. The number of nitrogens with zero attached hydrogens (tertiary/aromatic N) is 2. The molecule has 72 valence electrons. The van der Waals surface area contributed by atoms with Crippen molar-refractivity contribution in [1.29, 1.82) is 5.26 Å². The molecule has 2 rings (SSSR count). The molecule has 1 aliphatic rings. The molecule has 0 radical (unpaired) electrons. The summed E-state index contributed by atoms with van der Waals surface area (Å²) in [5, 5.41) is 11.8. The van der Waals surface area contributed by atoms with Crippen molar-refractivity contribution < 1.29 is 4.74 Å². The number of pyridine rings is 1. The minimum Gasteiger partial charge on any atom is -0.371 e. The molecule has 0 atom stereocenters. The van der Waals surface area contributed by atoms with Gasteiger partial charge in [-0.15, -0.1) is 0 Å². The molecule has 1 aliphatic heterocycles. The highest BCUT2D eigenvalue weighted by atomic mass is 16.5. The number of hydrogen-bond donors (Lipinski definition) is 1. The van der Waals surface area contributed by atoms with Crippen molar-refractivity contribution in [2.45, 2.75) is 12.7 Å². The Labute approximate surface area is 82.5 Å². The van der Waals surface area contributed by atoms with Crippen LogP contribution in [0.2, 0.25) is 0 Å². The molecule has 0 aromatic carbocycles. The number of nitrogens with one attached hydrogen (secondary N) is 1. The van der Waals surface area contributed by atoms with E-state index in [-0.39, 0.29) is 0 Å². The van der Waals surface area contributed by atoms with Crippen LogP contribution >= 0.6 is 0 Å². The first-order valence-electron chi connectivity index (χ1n) is 4.56. The van der Waals surface area contributed by atoms with Crippen LogP contribution in [0.1, 0.15) is 11.3 Å². The first kappa shape index (κ1) is 9.13. The van der Waals surface area contributed by atoms with E-state index in [4.69, 9.17) is 10.00 Å². The Morgan fingerprint density at radius 1 is 1.64 bits per heavy atom. The largest absolute Gasteiger partial charge is 0.371 e. The molecular formula is C10H11N3O. The molecule has 1 saturated heterocycles. The first-order valence-corrected chi connectivity index (χ1v) is 4.56. The lowest BCUT2D eigenvalue weighted by Gasteiger charge is -2.27. The third-order valence-corrected chi connectivity index (χ3v) is 2.17. The summed E-state index contributed by atoms with van der Waals surface area (Å²) in [4.78, 5) is 3.89. The van der Waals surface area contributed by atoms with Crippen LogP contribution in [0.15, 0.2) is 18.3 Å². The minimum atomic E-state index is 0.328. The summed E-state index contributed by atoms with van der Waals surface area (Å²) in [6.45, 7) is 2.41. The van der Waals surface area contributed by atoms with Crippen LogP contribution in [0.3, 0.4) is 0 Å². The van der Waals surface area contributed by atoms with Crippen LogP contribution in [-0.4, -0.2) is 24.2 Å². The van der Waals surface area contributed by atoms with E-state index in [0.717, 1.165) is 18.7 Å². The minimum absolute atomic E-state index is 0.328. The molecule has 1 N–H and O–H groups in total. The number of rotatable bonds is 3.